The van der Waals surface area contributed by atoms with Crippen molar-refractivity contribution in [2.45, 2.75) is 72.6 Å². The zero-order valence-corrected chi connectivity index (χ0v) is 11.5. The largest absolute Gasteiger partial charge is 0.299 e. The van der Waals surface area contributed by atoms with E-state index < -0.39 is 0 Å². The van der Waals surface area contributed by atoms with Gasteiger partial charge in [-0.05, 0) is 39.5 Å². The molecule has 1 heterocycles. The Balaban J connectivity index is 2.85. The third-order valence-electron chi connectivity index (χ3n) is 3.24. The molecular weight excluding hydrogens is 184 g/mol. The van der Waals surface area contributed by atoms with Crippen molar-refractivity contribution in [2.75, 3.05) is 6.54 Å². The van der Waals surface area contributed by atoms with E-state index >= 15 is 0 Å². The molecule has 2 unspecified atom stereocenters. The summed E-state index contributed by atoms with van der Waals surface area (Å²) in [5, 5.41) is 3.74. The highest BCUT2D eigenvalue weighted by Gasteiger charge is 2.39. The highest BCUT2D eigenvalue weighted by Crippen LogP contribution is 2.31. The monoisotopic (exact) mass is 212 g/mol. The van der Waals surface area contributed by atoms with Crippen molar-refractivity contribution >= 4 is 0 Å². The lowest BCUT2D eigenvalue weighted by atomic mass is 9.86. The van der Waals surface area contributed by atoms with Crippen LogP contribution in [0.5, 0.6) is 0 Å². The summed E-state index contributed by atoms with van der Waals surface area (Å²) in [4.78, 5) is 2.60. The van der Waals surface area contributed by atoms with E-state index in [0.29, 0.717) is 17.6 Å². The molecule has 1 aliphatic rings. The first-order chi connectivity index (χ1) is 6.62. The van der Waals surface area contributed by atoms with E-state index in [-0.39, 0.29) is 5.54 Å². The molecule has 0 aromatic heterocycles. The first-order valence-electron chi connectivity index (χ1n) is 6.15. The van der Waals surface area contributed by atoms with E-state index in [1.165, 1.54) is 13.0 Å². The van der Waals surface area contributed by atoms with Gasteiger partial charge in [0.05, 0.1) is 6.17 Å². The Morgan fingerprint density at radius 2 is 1.60 bits per heavy atom. The summed E-state index contributed by atoms with van der Waals surface area (Å²) >= 11 is 0. The summed E-state index contributed by atoms with van der Waals surface area (Å²) in [5.41, 5.74) is 0.549. The van der Waals surface area contributed by atoms with Crippen LogP contribution in [0, 0.1) is 5.41 Å². The second-order valence-corrected chi connectivity index (χ2v) is 6.99. The quantitative estimate of drug-likeness (QED) is 0.664. The molecule has 0 bridgehead atoms. The maximum absolute atomic E-state index is 3.74. The third-order valence-corrected chi connectivity index (χ3v) is 3.24. The smallest absolute Gasteiger partial charge is 0.0653 e. The van der Waals surface area contributed by atoms with Crippen LogP contribution in [0.2, 0.25) is 0 Å². The first kappa shape index (κ1) is 13.0. The SMILES string of the molecule is CC1CCN(C(C)(C)C)C(C(C)(C)C)N1. The van der Waals surface area contributed by atoms with E-state index in [0.717, 1.165) is 0 Å². The van der Waals surface area contributed by atoms with Gasteiger partial charge in [0, 0.05) is 18.1 Å². The van der Waals surface area contributed by atoms with Gasteiger partial charge in [-0.1, -0.05) is 20.8 Å². The van der Waals surface area contributed by atoms with Crippen molar-refractivity contribution in [1.29, 1.82) is 0 Å². The number of nitrogens with zero attached hydrogens (tertiary/aromatic N) is 1. The molecule has 0 amide bonds. The summed E-state index contributed by atoms with van der Waals surface area (Å²) in [6.45, 7) is 17.4. The molecule has 1 saturated heterocycles. The molecule has 2 heteroatoms. The molecule has 0 spiro atoms. The number of nitrogens with one attached hydrogen (secondary N) is 1. The lowest BCUT2D eigenvalue weighted by Gasteiger charge is -2.52. The minimum Gasteiger partial charge on any atom is -0.299 e. The van der Waals surface area contributed by atoms with Crippen molar-refractivity contribution in [1.82, 2.24) is 10.2 Å². The first-order valence-corrected chi connectivity index (χ1v) is 6.15. The van der Waals surface area contributed by atoms with Crippen LogP contribution in [0.25, 0.3) is 0 Å². The molecule has 15 heavy (non-hydrogen) atoms. The maximum Gasteiger partial charge on any atom is 0.0653 e. The Hall–Kier alpha value is -0.0800. The molecule has 0 aliphatic carbocycles. The van der Waals surface area contributed by atoms with Crippen molar-refractivity contribution < 1.29 is 0 Å². The molecule has 1 aliphatic heterocycles. The average Bonchev–Trinajstić information content (AvgIpc) is 2.00. The minimum absolute atomic E-state index is 0.255. The van der Waals surface area contributed by atoms with Gasteiger partial charge in [-0.15, -0.1) is 0 Å². The Labute approximate surface area is 95.4 Å². The van der Waals surface area contributed by atoms with E-state index in [1.54, 1.807) is 0 Å². The van der Waals surface area contributed by atoms with Crippen LogP contribution in [0.4, 0.5) is 0 Å². The average molecular weight is 212 g/mol. The molecule has 1 N–H and O–H groups in total. The summed E-state index contributed by atoms with van der Waals surface area (Å²) in [6, 6.07) is 0.646. The van der Waals surface area contributed by atoms with E-state index in [4.69, 9.17) is 0 Å². The van der Waals surface area contributed by atoms with E-state index in [9.17, 15) is 0 Å². The van der Waals surface area contributed by atoms with Gasteiger partial charge in [0.25, 0.3) is 0 Å². The van der Waals surface area contributed by atoms with Gasteiger partial charge in [0.15, 0.2) is 0 Å². The van der Waals surface area contributed by atoms with Crippen molar-refractivity contribution in [3.05, 3.63) is 0 Å². The van der Waals surface area contributed by atoms with Crippen LogP contribution in [0.15, 0.2) is 0 Å². The second-order valence-electron chi connectivity index (χ2n) is 6.99. The van der Waals surface area contributed by atoms with Crippen LogP contribution >= 0.6 is 0 Å². The standard InChI is InChI=1S/C13H28N2/c1-10-8-9-15(13(5,6)7)11(14-10)12(2,3)4/h10-11,14H,8-9H2,1-7H3. The number of hydrogen-bond donors (Lipinski definition) is 1. The molecule has 0 aromatic rings. The molecule has 0 saturated carbocycles. The van der Waals surface area contributed by atoms with Crippen LogP contribution < -0.4 is 5.32 Å². The maximum atomic E-state index is 3.74. The molecular formula is C13H28N2. The normalized spacial score (nSPS) is 30.6. The van der Waals surface area contributed by atoms with Crippen molar-refractivity contribution in [3.63, 3.8) is 0 Å². The lowest BCUT2D eigenvalue weighted by Crippen LogP contribution is -2.65. The van der Waals surface area contributed by atoms with Crippen LogP contribution in [-0.4, -0.2) is 29.2 Å². The highest BCUT2D eigenvalue weighted by atomic mass is 15.3. The van der Waals surface area contributed by atoms with Crippen molar-refractivity contribution in [3.8, 4) is 0 Å². The predicted octanol–water partition coefficient (Wildman–Crippen LogP) is 2.84. The van der Waals surface area contributed by atoms with E-state index in [2.05, 4.69) is 58.7 Å². The number of hydrogen-bond acceptors (Lipinski definition) is 2. The van der Waals surface area contributed by atoms with Gasteiger partial charge in [0.1, 0.15) is 0 Å². The fourth-order valence-corrected chi connectivity index (χ4v) is 2.34. The molecule has 90 valence electrons. The molecule has 1 fully saturated rings. The molecule has 2 atom stereocenters. The zero-order chi connectivity index (χ0) is 11.9. The fraction of sp³-hybridized carbons (Fsp3) is 1.00. The topological polar surface area (TPSA) is 15.3 Å². The second kappa shape index (κ2) is 4.06. The van der Waals surface area contributed by atoms with Gasteiger partial charge in [-0.3, -0.25) is 10.2 Å². The minimum atomic E-state index is 0.255. The zero-order valence-electron chi connectivity index (χ0n) is 11.5. The van der Waals surface area contributed by atoms with Crippen LogP contribution in [0.3, 0.4) is 0 Å². The Kier molecular flexibility index (Phi) is 3.52. The summed E-state index contributed by atoms with van der Waals surface area (Å²) in [7, 11) is 0. The fourth-order valence-electron chi connectivity index (χ4n) is 2.34. The summed E-state index contributed by atoms with van der Waals surface area (Å²) < 4.78 is 0. The molecule has 2 nitrogen and oxygen atoms in total. The van der Waals surface area contributed by atoms with Gasteiger partial charge in [-0.2, -0.15) is 0 Å². The van der Waals surface area contributed by atoms with Gasteiger partial charge in [0.2, 0.25) is 0 Å². The lowest BCUT2D eigenvalue weighted by molar-refractivity contribution is -0.0293. The van der Waals surface area contributed by atoms with Gasteiger partial charge >= 0.3 is 0 Å². The van der Waals surface area contributed by atoms with Crippen LogP contribution in [0.1, 0.15) is 54.9 Å². The van der Waals surface area contributed by atoms with E-state index in [1.807, 2.05) is 0 Å². The number of rotatable bonds is 0. The summed E-state index contributed by atoms with van der Waals surface area (Å²) in [5.74, 6) is 0. The van der Waals surface area contributed by atoms with Crippen molar-refractivity contribution in [2.24, 2.45) is 5.41 Å². The predicted molar refractivity (Wildman–Crippen MR) is 66.9 cm³/mol. The molecule has 0 radical (unpaired) electrons. The third kappa shape index (κ3) is 3.18. The highest BCUT2D eigenvalue weighted by molar-refractivity contribution is 4.93. The molecule has 1 rings (SSSR count). The Morgan fingerprint density at radius 3 is 2.00 bits per heavy atom. The Morgan fingerprint density at radius 1 is 1.07 bits per heavy atom. The van der Waals surface area contributed by atoms with Crippen LogP contribution in [-0.2, 0) is 0 Å². The Bertz CT molecular complexity index is 210. The van der Waals surface area contributed by atoms with Gasteiger partial charge < -0.3 is 0 Å². The van der Waals surface area contributed by atoms with Gasteiger partial charge in [-0.25, -0.2) is 0 Å². The summed E-state index contributed by atoms with van der Waals surface area (Å²) in [6.07, 6.45) is 1.74. The molecule has 0 aromatic carbocycles.